The molecule has 2 unspecified atom stereocenters. The van der Waals surface area contributed by atoms with Gasteiger partial charge in [-0.3, -0.25) is 4.79 Å². The highest BCUT2D eigenvalue weighted by atomic mass is 16.3. The van der Waals surface area contributed by atoms with Crippen LogP contribution in [-0.4, -0.2) is 34.9 Å². The van der Waals surface area contributed by atoms with Crippen molar-refractivity contribution < 1.29 is 15.0 Å². The number of rotatable bonds is 44. The molecular formula is C53H95NO3. The maximum absolute atomic E-state index is 12.4. The zero-order valence-corrected chi connectivity index (χ0v) is 37.8. The molecule has 0 aromatic carbocycles. The highest BCUT2D eigenvalue weighted by molar-refractivity contribution is 5.76. The monoisotopic (exact) mass is 794 g/mol. The SMILES string of the molecule is CC/C=C\C/C=C\C/C=C\C/C=C\C/C=C\CCCCCCCCCCCCCCCCCC(=O)NC(CO)C(O)/C=C/CCCCCCCCCCCCCC. The summed E-state index contributed by atoms with van der Waals surface area (Å²) in [4.78, 5) is 12.4. The maximum Gasteiger partial charge on any atom is 0.220 e. The summed E-state index contributed by atoms with van der Waals surface area (Å²) in [6.45, 7) is 4.19. The van der Waals surface area contributed by atoms with Gasteiger partial charge in [-0.25, -0.2) is 0 Å². The summed E-state index contributed by atoms with van der Waals surface area (Å²) < 4.78 is 0. The molecule has 57 heavy (non-hydrogen) atoms. The van der Waals surface area contributed by atoms with E-state index in [4.69, 9.17) is 0 Å². The fourth-order valence-corrected chi connectivity index (χ4v) is 7.21. The second-order valence-electron chi connectivity index (χ2n) is 16.5. The van der Waals surface area contributed by atoms with Gasteiger partial charge in [0.05, 0.1) is 18.8 Å². The van der Waals surface area contributed by atoms with E-state index in [9.17, 15) is 15.0 Å². The molecular weight excluding hydrogens is 699 g/mol. The van der Waals surface area contributed by atoms with E-state index in [1.54, 1.807) is 6.08 Å². The average Bonchev–Trinajstić information content (AvgIpc) is 3.22. The van der Waals surface area contributed by atoms with Gasteiger partial charge in [-0.1, -0.05) is 241 Å². The van der Waals surface area contributed by atoms with Gasteiger partial charge in [0.15, 0.2) is 0 Å². The Morgan fingerprint density at radius 3 is 1.16 bits per heavy atom. The maximum atomic E-state index is 12.4. The van der Waals surface area contributed by atoms with E-state index in [0.29, 0.717) is 6.42 Å². The summed E-state index contributed by atoms with van der Waals surface area (Å²) >= 11 is 0. The molecule has 0 aromatic rings. The summed E-state index contributed by atoms with van der Waals surface area (Å²) in [5, 5.41) is 23.0. The first-order valence-corrected chi connectivity index (χ1v) is 24.7. The van der Waals surface area contributed by atoms with E-state index < -0.39 is 12.1 Å². The molecule has 0 saturated carbocycles. The van der Waals surface area contributed by atoms with Crippen LogP contribution in [0.1, 0.15) is 239 Å². The second-order valence-corrected chi connectivity index (χ2v) is 16.5. The van der Waals surface area contributed by atoms with Gasteiger partial charge >= 0.3 is 0 Å². The lowest BCUT2D eigenvalue weighted by Gasteiger charge is -2.20. The highest BCUT2D eigenvalue weighted by Crippen LogP contribution is 2.15. The Labute approximate surface area is 355 Å². The Kier molecular flexibility index (Phi) is 46.4. The first kappa shape index (κ1) is 54.8. The van der Waals surface area contributed by atoms with Crippen molar-refractivity contribution in [3.8, 4) is 0 Å². The molecule has 4 heteroatoms. The van der Waals surface area contributed by atoms with E-state index in [2.05, 4.69) is 79.9 Å². The number of hydrogen-bond acceptors (Lipinski definition) is 3. The standard InChI is InChI=1S/C53H95NO3/c1-3-5-7-9-11-13-15-17-19-20-21-22-23-24-25-26-27-28-29-30-31-32-33-34-35-37-39-41-43-45-47-49-53(57)54-51(50-55)52(56)48-46-44-42-40-38-36-18-16-14-12-10-8-6-4-2/h5,7,11,13,17,19,21-22,24-25,46,48,51-52,55-56H,3-4,6,8-10,12,14-16,18,20,23,26-45,47,49-50H2,1-2H3,(H,54,57)/b7-5-,13-11-,19-17-,22-21-,25-24-,48-46+. The van der Waals surface area contributed by atoms with Gasteiger partial charge in [0, 0.05) is 6.42 Å². The van der Waals surface area contributed by atoms with E-state index >= 15 is 0 Å². The van der Waals surface area contributed by atoms with Gasteiger partial charge in [-0.05, 0) is 64.2 Å². The van der Waals surface area contributed by atoms with Crippen LogP contribution in [0.2, 0.25) is 0 Å². The van der Waals surface area contributed by atoms with E-state index in [-0.39, 0.29) is 12.5 Å². The van der Waals surface area contributed by atoms with Gasteiger partial charge in [-0.2, -0.15) is 0 Å². The molecule has 0 heterocycles. The summed E-state index contributed by atoms with van der Waals surface area (Å²) in [6.07, 6.45) is 68.9. The molecule has 0 aromatic heterocycles. The lowest BCUT2D eigenvalue weighted by Crippen LogP contribution is -2.45. The van der Waals surface area contributed by atoms with Crippen molar-refractivity contribution in [1.29, 1.82) is 0 Å². The van der Waals surface area contributed by atoms with Crippen molar-refractivity contribution >= 4 is 5.91 Å². The number of hydrogen-bond donors (Lipinski definition) is 3. The van der Waals surface area contributed by atoms with Gasteiger partial charge in [0.2, 0.25) is 5.91 Å². The molecule has 0 bridgehead atoms. The number of aliphatic hydroxyl groups is 2. The van der Waals surface area contributed by atoms with Crippen LogP contribution in [0.3, 0.4) is 0 Å². The minimum Gasteiger partial charge on any atom is -0.394 e. The highest BCUT2D eigenvalue weighted by Gasteiger charge is 2.17. The lowest BCUT2D eigenvalue weighted by molar-refractivity contribution is -0.123. The summed E-state index contributed by atoms with van der Waals surface area (Å²) in [7, 11) is 0. The molecule has 2 atom stereocenters. The fourth-order valence-electron chi connectivity index (χ4n) is 7.21. The van der Waals surface area contributed by atoms with E-state index in [0.717, 1.165) is 57.8 Å². The molecule has 1 amide bonds. The van der Waals surface area contributed by atoms with Crippen molar-refractivity contribution in [2.75, 3.05) is 6.61 Å². The van der Waals surface area contributed by atoms with Crippen molar-refractivity contribution in [1.82, 2.24) is 5.32 Å². The van der Waals surface area contributed by atoms with Crippen LogP contribution < -0.4 is 5.32 Å². The number of aliphatic hydroxyl groups excluding tert-OH is 2. The predicted octanol–water partition coefficient (Wildman–Crippen LogP) is 15.9. The zero-order valence-electron chi connectivity index (χ0n) is 37.8. The normalized spacial score (nSPS) is 13.5. The van der Waals surface area contributed by atoms with Crippen LogP contribution in [0.25, 0.3) is 0 Å². The summed E-state index contributed by atoms with van der Waals surface area (Å²) in [5.74, 6) is -0.0659. The minimum atomic E-state index is -0.840. The van der Waals surface area contributed by atoms with Crippen molar-refractivity contribution in [2.24, 2.45) is 0 Å². The van der Waals surface area contributed by atoms with Crippen LogP contribution >= 0.6 is 0 Å². The minimum absolute atomic E-state index is 0.0659. The Bertz CT molecular complexity index is 992. The van der Waals surface area contributed by atoms with E-state index in [1.807, 2.05) is 6.08 Å². The first-order valence-electron chi connectivity index (χ1n) is 24.7. The molecule has 4 nitrogen and oxygen atoms in total. The van der Waals surface area contributed by atoms with Crippen LogP contribution in [0.15, 0.2) is 72.9 Å². The Morgan fingerprint density at radius 1 is 0.439 bits per heavy atom. The van der Waals surface area contributed by atoms with Crippen LogP contribution in [-0.2, 0) is 4.79 Å². The molecule has 330 valence electrons. The molecule has 0 saturated heterocycles. The number of amides is 1. The smallest absolute Gasteiger partial charge is 0.220 e. The molecule has 0 aliphatic heterocycles. The Morgan fingerprint density at radius 2 is 0.772 bits per heavy atom. The van der Waals surface area contributed by atoms with Crippen molar-refractivity contribution in [3.05, 3.63) is 72.9 Å². The third-order valence-corrected chi connectivity index (χ3v) is 10.9. The third-order valence-electron chi connectivity index (χ3n) is 10.9. The topological polar surface area (TPSA) is 69.6 Å². The molecule has 0 aliphatic rings. The van der Waals surface area contributed by atoms with E-state index in [1.165, 1.54) is 161 Å². The number of carbonyl (C=O) groups excluding carboxylic acids is 1. The molecule has 0 aliphatic carbocycles. The van der Waals surface area contributed by atoms with Gasteiger partial charge in [-0.15, -0.1) is 0 Å². The zero-order chi connectivity index (χ0) is 41.4. The Hall–Kier alpha value is -2.17. The Balaban J connectivity index is 3.51. The molecule has 0 fully saturated rings. The molecule has 0 radical (unpaired) electrons. The predicted molar refractivity (Wildman–Crippen MR) is 253 cm³/mol. The van der Waals surface area contributed by atoms with Crippen molar-refractivity contribution in [2.45, 2.75) is 251 Å². The van der Waals surface area contributed by atoms with Gasteiger partial charge < -0.3 is 15.5 Å². The van der Waals surface area contributed by atoms with Crippen LogP contribution in [0.4, 0.5) is 0 Å². The number of carbonyl (C=O) groups is 1. The van der Waals surface area contributed by atoms with Crippen molar-refractivity contribution in [3.63, 3.8) is 0 Å². The number of nitrogens with one attached hydrogen (secondary N) is 1. The average molecular weight is 794 g/mol. The molecule has 3 N–H and O–H groups in total. The number of allylic oxidation sites excluding steroid dienone is 11. The van der Waals surface area contributed by atoms with Crippen LogP contribution in [0, 0.1) is 0 Å². The number of unbranched alkanes of at least 4 members (excludes halogenated alkanes) is 27. The summed E-state index contributed by atoms with van der Waals surface area (Å²) in [5.41, 5.74) is 0. The molecule has 0 spiro atoms. The first-order chi connectivity index (χ1) is 28.2. The summed E-state index contributed by atoms with van der Waals surface area (Å²) in [6, 6.07) is -0.624. The fraction of sp³-hybridized carbons (Fsp3) is 0.755. The lowest BCUT2D eigenvalue weighted by atomic mass is 10.0. The second kappa shape index (κ2) is 48.2. The van der Waals surface area contributed by atoms with Gasteiger partial charge in [0.25, 0.3) is 0 Å². The molecule has 0 rings (SSSR count). The largest absolute Gasteiger partial charge is 0.394 e. The quantitative estimate of drug-likeness (QED) is 0.0425. The van der Waals surface area contributed by atoms with Gasteiger partial charge in [0.1, 0.15) is 0 Å². The third kappa shape index (κ3) is 44.8. The van der Waals surface area contributed by atoms with Crippen LogP contribution in [0.5, 0.6) is 0 Å².